The fourth-order valence-corrected chi connectivity index (χ4v) is 1.00. The summed E-state index contributed by atoms with van der Waals surface area (Å²) in [5.74, 6) is -0.335. The molecule has 4 heteroatoms. The first-order chi connectivity index (χ1) is 6.75. The van der Waals surface area contributed by atoms with Gasteiger partial charge >= 0.3 is 6.08 Å². The van der Waals surface area contributed by atoms with Crippen LogP contribution in [0.25, 0.3) is 0 Å². The van der Waals surface area contributed by atoms with Crippen LogP contribution in [0.5, 0.6) is 11.8 Å². The van der Waals surface area contributed by atoms with Gasteiger partial charge in [-0.15, -0.1) is 0 Å². The number of para-hydroxylation sites is 1. The molecule has 1 aromatic heterocycles. The molecule has 0 saturated carbocycles. The third kappa shape index (κ3) is 1.74. The number of aromatic nitrogens is 1. The average molecular weight is 193 g/mol. The average Bonchev–Trinajstić information content (AvgIpc) is 2.56. The number of aryl methyl sites for hydroxylation is 1. The summed E-state index contributed by atoms with van der Waals surface area (Å²) in [5.41, 5.74) is 0.691. The molecule has 0 radical (unpaired) electrons. The largest absolute Gasteiger partial charge is 0.417 e. The van der Waals surface area contributed by atoms with Crippen LogP contribution in [0.15, 0.2) is 34.9 Å². The Kier molecular flexibility index (Phi) is 2.18. The van der Waals surface area contributed by atoms with E-state index in [9.17, 15) is 4.39 Å². The van der Waals surface area contributed by atoms with E-state index in [1.165, 1.54) is 18.4 Å². The first-order valence-corrected chi connectivity index (χ1v) is 4.10. The molecule has 0 aliphatic carbocycles. The van der Waals surface area contributed by atoms with Gasteiger partial charge in [0.1, 0.15) is 6.26 Å². The normalized spacial score (nSPS) is 10.1. The lowest BCUT2D eigenvalue weighted by molar-refractivity contribution is 0.318. The molecule has 0 aliphatic heterocycles. The Morgan fingerprint density at radius 3 is 2.79 bits per heavy atom. The number of oxazole rings is 1. The van der Waals surface area contributed by atoms with Crippen molar-refractivity contribution >= 4 is 0 Å². The van der Waals surface area contributed by atoms with Gasteiger partial charge in [0.15, 0.2) is 11.6 Å². The van der Waals surface area contributed by atoms with Gasteiger partial charge in [-0.2, -0.15) is 4.98 Å². The number of benzene rings is 1. The summed E-state index contributed by atoms with van der Waals surface area (Å²) < 4.78 is 23.1. The highest BCUT2D eigenvalue weighted by atomic mass is 19.1. The van der Waals surface area contributed by atoms with Crippen molar-refractivity contribution in [3.05, 3.63) is 42.0 Å². The van der Waals surface area contributed by atoms with Crippen molar-refractivity contribution in [1.29, 1.82) is 0 Å². The van der Waals surface area contributed by atoms with E-state index in [1.54, 1.807) is 19.1 Å². The molecule has 0 bridgehead atoms. The summed E-state index contributed by atoms with van der Waals surface area (Å²) in [6.45, 7) is 1.76. The van der Waals surface area contributed by atoms with E-state index in [1.807, 2.05) is 0 Å². The fourth-order valence-electron chi connectivity index (χ4n) is 1.00. The summed E-state index contributed by atoms with van der Waals surface area (Å²) in [6.07, 6.45) is 1.49. The molecule has 14 heavy (non-hydrogen) atoms. The predicted molar refractivity (Wildman–Crippen MR) is 47.7 cm³/mol. The number of hydrogen-bond acceptors (Lipinski definition) is 3. The minimum Gasteiger partial charge on any atom is -0.417 e. The number of halogens is 1. The maximum atomic E-state index is 13.1. The molecular formula is C10H8FNO2. The zero-order chi connectivity index (χ0) is 9.97. The summed E-state index contributed by atoms with van der Waals surface area (Å²) in [6, 6.07) is 6.08. The van der Waals surface area contributed by atoms with E-state index in [4.69, 9.17) is 9.15 Å². The molecule has 0 aliphatic rings. The fraction of sp³-hybridized carbons (Fsp3) is 0.100. The molecule has 0 spiro atoms. The number of rotatable bonds is 2. The van der Waals surface area contributed by atoms with Gasteiger partial charge in [-0.3, -0.25) is 0 Å². The summed E-state index contributed by atoms with van der Waals surface area (Å²) in [7, 11) is 0. The maximum absolute atomic E-state index is 13.1. The van der Waals surface area contributed by atoms with Crippen LogP contribution in [0.3, 0.4) is 0 Å². The summed E-state index contributed by atoms with van der Waals surface area (Å²) in [4.78, 5) is 3.89. The van der Waals surface area contributed by atoms with Crippen molar-refractivity contribution < 1.29 is 13.5 Å². The summed E-state index contributed by atoms with van der Waals surface area (Å²) >= 11 is 0. The van der Waals surface area contributed by atoms with Gasteiger partial charge in [-0.1, -0.05) is 12.1 Å². The Morgan fingerprint density at radius 2 is 2.14 bits per heavy atom. The Hall–Kier alpha value is -1.84. The van der Waals surface area contributed by atoms with Crippen LogP contribution in [0.2, 0.25) is 0 Å². The van der Waals surface area contributed by atoms with E-state index in [0.29, 0.717) is 5.69 Å². The minimum atomic E-state index is -0.441. The smallest absolute Gasteiger partial charge is 0.399 e. The van der Waals surface area contributed by atoms with Gasteiger partial charge in [-0.05, 0) is 19.1 Å². The SMILES string of the molecule is Cc1coc(Oc2ccccc2F)n1. The van der Waals surface area contributed by atoms with Crippen molar-refractivity contribution in [3.8, 4) is 11.8 Å². The van der Waals surface area contributed by atoms with Crippen molar-refractivity contribution in [2.75, 3.05) is 0 Å². The third-order valence-electron chi connectivity index (χ3n) is 1.63. The second-order valence-electron chi connectivity index (χ2n) is 2.79. The van der Waals surface area contributed by atoms with Gasteiger partial charge in [0.05, 0.1) is 5.69 Å². The van der Waals surface area contributed by atoms with E-state index in [2.05, 4.69) is 4.98 Å². The van der Waals surface area contributed by atoms with Crippen molar-refractivity contribution in [2.24, 2.45) is 0 Å². The molecule has 3 nitrogen and oxygen atoms in total. The standard InChI is InChI=1S/C10H8FNO2/c1-7-6-13-10(12-7)14-9-5-3-2-4-8(9)11/h2-6H,1H3. The second-order valence-corrected chi connectivity index (χ2v) is 2.79. The lowest BCUT2D eigenvalue weighted by atomic mass is 10.3. The molecule has 2 aromatic rings. The number of nitrogens with zero attached hydrogens (tertiary/aromatic N) is 1. The monoisotopic (exact) mass is 193 g/mol. The highest BCUT2D eigenvalue weighted by Crippen LogP contribution is 2.22. The Bertz CT molecular complexity index is 439. The van der Waals surface area contributed by atoms with Crippen LogP contribution in [0.1, 0.15) is 5.69 Å². The molecule has 0 atom stereocenters. The molecule has 0 N–H and O–H groups in total. The lowest BCUT2D eigenvalue weighted by Gasteiger charge is -2.00. The van der Waals surface area contributed by atoms with Gasteiger partial charge in [0.25, 0.3) is 0 Å². The molecule has 1 heterocycles. The molecule has 1 aromatic carbocycles. The first-order valence-electron chi connectivity index (χ1n) is 4.10. The molecule has 0 unspecified atom stereocenters. The number of ether oxygens (including phenoxy) is 1. The lowest BCUT2D eigenvalue weighted by Crippen LogP contribution is -1.87. The van der Waals surface area contributed by atoms with Crippen LogP contribution >= 0.6 is 0 Å². The third-order valence-corrected chi connectivity index (χ3v) is 1.63. The van der Waals surface area contributed by atoms with E-state index in [0.717, 1.165) is 0 Å². The molecule has 2 rings (SSSR count). The Balaban J connectivity index is 2.23. The van der Waals surface area contributed by atoms with Crippen molar-refractivity contribution in [2.45, 2.75) is 6.92 Å². The van der Waals surface area contributed by atoms with Gasteiger partial charge < -0.3 is 9.15 Å². The van der Waals surface area contributed by atoms with Gasteiger partial charge in [0, 0.05) is 0 Å². The Morgan fingerprint density at radius 1 is 1.36 bits per heavy atom. The van der Waals surface area contributed by atoms with E-state index < -0.39 is 5.82 Å². The van der Waals surface area contributed by atoms with Crippen LogP contribution in [0, 0.1) is 12.7 Å². The van der Waals surface area contributed by atoms with Crippen LogP contribution in [-0.4, -0.2) is 4.98 Å². The Labute approximate surface area is 80.1 Å². The molecule has 0 saturated heterocycles. The quantitative estimate of drug-likeness (QED) is 0.735. The molecule has 0 amide bonds. The topological polar surface area (TPSA) is 35.3 Å². The van der Waals surface area contributed by atoms with Crippen LogP contribution < -0.4 is 4.74 Å². The highest BCUT2D eigenvalue weighted by Gasteiger charge is 2.06. The minimum absolute atomic E-state index is 0.0487. The van der Waals surface area contributed by atoms with Gasteiger partial charge in [-0.25, -0.2) is 4.39 Å². The number of hydrogen-bond donors (Lipinski definition) is 0. The first kappa shape index (κ1) is 8.74. The van der Waals surface area contributed by atoms with E-state index >= 15 is 0 Å². The second kappa shape index (κ2) is 3.49. The summed E-state index contributed by atoms with van der Waals surface area (Å²) in [5, 5.41) is 0. The zero-order valence-corrected chi connectivity index (χ0v) is 7.53. The zero-order valence-electron chi connectivity index (χ0n) is 7.53. The predicted octanol–water partition coefficient (Wildman–Crippen LogP) is 2.91. The molecular weight excluding hydrogens is 185 g/mol. The van der Waals surface area contributed by atoms with Crippen molar-refractivity contribution in [3.63, 3.8) is 0 Å². The molecule has 0 fully saturated rings. The molecule has 72 valence electrons. The van der Waals surface area contributed by atoms with E-state index in [-0.39, 0.29) is 11.8 Å². The van der Waals surface area contributed by atoms with Crippen molar-refractivity contribution in [1.82, 2.24) is 4.98 Å². The van der Waals surface area contributed by atoms with Crippen LogP contribution in [0.4, 0.5) is 4.39 Å². The maximum Gasteiger partial charge on any atom is 0.399 e. The van der Waals surface area contributed by atoms with Gasteiger partial charge in [0.2, 0.25) is 0 Å². The van der Waals surface area contributed by atoms with Crippen LogP contribution in [-0.2, 0) is 0 Å². The highest BCUT2D eigenvalue weighted by molar-refractivity contribution is 5.25.